The number of hydrogen-bond donors (Lipinski definition) is 2. The molecule has 0 saturated heterocycles. The molecule has 0 saturated carbocycles. The van der Waals surface area contributed by atoms with Crippen LogP contribution < -0.4 is 10.6 Å². The molecule has 2 N–H and O–H groups in total. The Kier molecular flexibility index (Phi) is 5.91. The molecule has 13 heteroatoms. The van der Waals surface area contributed by atoms with Gasteiger partial charge >= 0.3 is 12.1 Å². The van der Waals surface area contributed by atoms with Gasteiger partial charge < -0.3 is 10.6 Å². The number of imide groups is 1. The molecule has 2 aromatic rings. The highest BCUT2D eigenvalue weighted by Crippen LogP contribution is 2.26. The van der Waals surface area contributed by atoms with E-state index in [0.29, 0.717) is 10.5 Å². The van der Waals surface area contributed by atoms with E-state index in [1.807, 2.05) is 0 Å². The summed E-state index contributed by atoms with van der Waals surface area (Å²) in [7, 11) is 0. The molecule has 4 amide bonds. The summed E-state index contributed by atoms with van der Waals surface area (Å²) in [6.07, 6.45) is -5.00. The normalized spacial score (nSPS) is 13.0. The maximum atomic E-state index is 12.4. The molecule has 0 fully saturated rings. The molecular weight excluding hydrogens is 437 g/mol. The molecule has 0 atom stereocenters. The van der Waals surface area contributed by atoms with Crippen molar-refractivity contribution in [1.82, 2.24) is 10.2 Å². The Morgan fingerprint density at radius 2 is 1.62 bits per heavy atom. The Labute approximate surface area is 177 Å². The average molecular weight is 450 g/mol. The number of rotatable bonds is 6. The van der Waals surface area contributed by atoms with Crippen LogP contribution in [0.5, 0.6) is 0 Å². The number of hydrogen-bond acceptors (Lipinski definition) is 6. The first-order valence-corrected chi connectivity index (χ1v) is 8.86. The second kappa shape index (κ2) is 8.45. The molecule has 0 unspecified atom stereocenters. The fraction of sp³-hybridized carbons (Fsp3) is 0.158. The van der Waals surface area contributed by atoms with Gasteiger partial charge in [0.1, 0.15) is 6.54 Å². The van der Waals surface area contributed by atoms with E-state index in [-0.39, 0.29) is 29.0 Å². The summed E-state index contributed by atoms with van der Waals surface area (Å²) in [4.78, 5) is 58.6. The van der Waals surface area contributed by atoms with Gasteiger partial charge in [-0.05, 0) is 23.8 Å². The average Bonchev–Trinajstić information content (AvgIpc) is 2.96. The van der Waals surface area contributed by atoms with Gasteiger partial charge in [-0.1, -0.05) is 12.1 Å². The van der Waals surface area contributed by atoms with Crippen molar-refractivity contribution in [3.8, 4) is 0 Å². The first-order chi connectivity index (χ1) is 15.0. The van der Waals surface area contributed by atoms with Crippen molar-refractivity contribution in [1.29, 1.82) is 0 Å². The highest BCUT2D eigenvalue weighted by atomic mass is 19.4. The zero-order valence-corrected chi connectivity index (χ0v) is 15.9. The van der Waals surface area contributed by atoms with Gasteiger partial charge in [0.25, 0.3) is 17.5 Å². The fourth-order valence-corrected chi connectivity index (χ4v) is 2.87. The zero-order chi connectivity index (χ0) is 23.6. The van der Waals surface area contributed by atoms with Gasteiger partial charge in [0.2, 0.25) is 5.91 Å². The summed E-state index contributed by atoms with van der Waals surface area (Å²) in [5.74, 6) is -4.45. The van der Waals surface area contributed by atoms with Gasteiger partial charge in [0.05, 0.1) is 16.1 Å². The smallest absolute Gasteiger partial charge is 0.344 e. The molecule has 0 bridgehead atoms. The summed E-state index contributed by atoms with van der Waals surface area (Å²) in [6.45, 7) is -1.03. The van der Waals surface area contributed by atoms with Crippen molar-refractivity contribution in [2.75, 3.05) is 11.9 Å². The first-order valence-electron chi connectivity index (χ1n) is 8.86. The number of halogens is 3. The third kappa shape index (κ3) is 4.71. The Morgan fingerprint density at radius 1 is 1.00 bits per heavy atom. The van der Waals surface area contributed by atoms with Crippen LogP contribution in [0.25, 0.3) is 0 Å². The number of nitro benzene ring substituents is 1. The molecule has 32 heavy (non-hydrogen) atoms. The molecule has 3 rings (SSSR count). The largest absolute Gasteiger partial charge is 0.471 e. The number of nitrogens with zero attached hydrogens (tertiary/aromatic N) is 2. The molecule has 166 valence electrons. The van der Waals surface area contributed by atoms with Crippen molar-refractivity contribution in [2.24, 2.45) is 0 Å². The van der Waals surface area contributed by atoms with Crippen LogP contribution in [-0.2, 0) is 16.1 Å². The second-order valence-corrected chi connectivity index (χ2v) is 6.61. The monoisotopic (exact) mass is 450 g/mol. The van der Waals surface area contributed by atoms with Gasteiger partial charge in [-0.25, -0.2) is 0 Å². The Balaban J connectivity index is 1.60. The number of anilines is 1. The van der Waals surface area contributed by atoms with E-state index < -0.39 is 41.3 Å². The number of alkyl halides is 3. The van der Waals surface area contributed by atoms with E-state index in [0.717, 1.165) is 18.2 Å². The molecule has 1 aliphatic rings. The number of nitro groups is 1. The third-order valence-electron chi connectivity index (χ3n) is 4.42. The van der Waals surface area contributed by atoms with Crippen molar-refractivity contribution in [2.45, 2.75) is 12.7 Å². The van der Waals surface area contributed by atoms with Crippen LogP contribution in [0.1, 0.15) is 26.3 Å². The predicted octanol–water partition coefficient (Wildman–Crippen LogP) is 2.01. The van der Waals surface area contributed by atoms with Gasteiger partial charge in [0.15, 0.2) is 0 Å². The van der Waals surface area contributed by atoms with Gasteiger partial charge in [-0.2, -0.15) is 13.2 Å². The van der Waals surface area contributed by atoms with Crippen LogP contribution >= 0.6 is 0 Å². The number of non-ortho nitro benzene ring substituents is 1. The standard InChI is InChI=1S/C19H13F3N4O6/c20-19(21,22)18(30)23-8-10-1-3-11(4-2-10)24-15(27)9-25-16(28)13-6-5-12(26(31)32)7-14(13)17(25)29/h1-7H,8-9H2,(H,23,30)(H,24,27). The maximum Gasteiger partial charge on any atom is 0.471 e. The number of carbonyl (C=O) groups excluding carboxylic acids is 4. The summed E-state index contributed by atoms with van der Waals surface area (Å²) in [5, 5.41) is 15.0. The van der Waals surface area contributed by atoms with Crippen molar-refractivity contribution >= 4 is 35.0 Å². The van der Waals surface area contributed by atoms with Gasteiger partial charge in [0, 0.05) is 24.4 Å². The topological polar surface area (TPSA) is 139 Å². The third-order valence-corrected chi connectivity index (χ3v) is 4.42. The van der Waals surface area contributed by atoms with E-state index in [1.54, 1.807) is 5.32 Å². The lowest BCUT2D eigenvalue weighted by Gasteiger charge is -2.14. The van der Waals surface area contributed by atoms with Crippen LogP contribution in [0, 0.1) is 10.1 Å². The van der Waals surface area contributed by atoms with Crippen molar-refractivity contribution in [3.63, 3.8) is 0 Å². The fourth-order valence-electron chi connectivity index (χ4n) is 2.87. The van der Waals surface area contributed by atoms with Crippen LogP contribution in [0.3, 0.4) is 0 Å². The molecule has 0 radical (unpaired) electrons. The number of benzene rings is 2. The summed E-state index contributed by atoms with van der Waals surface area (Å²) in [5.41, 5.74) is -0.0423. The zero-order valence-electron chi connectivity index (χ0n) is 15.9. The molecule has 1 heterocycles. The lowest BCUT2D eigenvalue weighted by Crippen LogP contribution is -2.37. The summed E-state index contributed by atoms with van der Waals surface area (Å²) in [6, 6.07) is 8.64. The minimum absolute atomic E-state index is 0.0568. The van der Waals surface area contributed by atoms with E-state index in [1.165, 1.54) is 24.3 Å². The van der Waals surface area contributed by atoms with Crippen LogP contribution in [0.2, 0.25) is 0 Å². The number of carbonyl (C=O) groups is 4. The van der Waals surface area contributed by atoms with Crippen molar-refractivity contribution in [3.05, 3.63) is 69.3 Å². The minimum atomic E-state index is -5.00. The van der Waals surface area contributed by atoms with Crippen LogP contribution in [0.15, 0.2) is 42.5 Å². The molecule has 1 aliphatic heterocycles. The minimum Gasteiger partial charge on any atom is -0.344 e. The lowest BCUT2D eigenvalue weighted by molar-refractivity contribution is -0.384. The summed E-state index contributed by atoms with van der Waals surface area (Å²) >= 11 is 0. The lowest BCUT2D eigenvalue weighted by atomic mass is 10.1. The van der Waals surface area contributed by atoms with E-state index in [9.17, 15) is 42.5 Å². The van der Waals surface area contributed by atoms with E-state index >= 15 is 0 Å². The molecule has 0 spiro atoms. The number of fused-ring (bicyclic) bond motifs is 1. The molecule has 0 aliphatic carbocycles. The first kappa shape index (κ1) is 22.4. The Bertz CT molecular complexity index is 1130. The van der Waals surface area contributed by atoms with Gasteiger partial charge in [-0.3, -0.25) is 34.2 Å². The highest BCUT2D eigenvalue weighted by molar-refractivity contribution is 6.23. The molecular formula is C19H13F3N4O6. The van der Waals surface area contributed by atoms with Gasteiger partial charge in [-0.15, -0.1) is 0 Å². The van der Waals surface area contributed by atoms with Crippen LogP contribution in [-0.4, -0.2) is 46.2 Å². The van der Waals surface area contributed by atoms with Crippen molar-refractivity contribution < 1.29 is 37.3 Å². The predicted molar refractivity (Wildman–Crippen MR) is 101 cm³/mol. The molecule has 2 aromatic carbocycles. The van der Waals surface area contributed by atoms with Crippen LogP contribution in [0.4, 0.5) is 24.5 Å². The summed E-state index contributed by atoms with van der Waals surface area (Å²) < 4.78 is 36.5. The Morgan fingerprint density at radius 3 is 2.22 bits per heavy atom. The quantitative estimate of drug-likeness (QED) is 0.392. The maximum absolute atomic E-state index is 12.4. The Hall–Kier alpha value is -4.29. The number of nitrogens with one attached hydrogen (secondary N) is 2. The molecule has 0 aromatic heterocycles. The second-order valence-electron chi connectivity index (χ2n) is 6.61. The highest BCUT2D eigenvalue weighted by Gasteiger charge is 2.39. The van der Waals surface area contributed by atoms with E-state index in [2.05, 4.69) is 5.32 Å². The molecule has 10 nitrogen and oxygen atoms in total. The SMILES string of the molecule is O=C(CN1C(=O)c2ccc([N+](=O)[O-])cc2C1=O)Nc1ccc(CNC(=O)C(F)(F)F)cc1. The van der Waals surface area contributed by atoms with E-state index in [4.69, 9.17) is 0 Å². The number of amides is 4.